The maximum absolute atomic E-state index is 5.69. The number of pyridine rings is 1. The maximum Gasteiger partial charge on any atom is 0.238 e. The molecule has 1 aromatic rings. The number of nitrogens with zero attached hydrogens (tertiary/aromatic N) is 2. The Morgan fingerprint density at radius 3 is 2.44 bits per heavy atom. The van der Waals surface area contributed by atoms with E-state index in [2.05, 4.69) is 9.88 Å². The summed E-state index contributed by atoms with van der Waals surface area (Å²) in [6, 6.07) is 3.79. The molecule has 0 atom stereocenters. The fourth-order valence-electron chi connectivity index (χ4n) is 1.73. The highest BCUT2D eigenvalue weighted by molar-refractivity contribution is 5.85. The molecule has 1 aliphatic rings. The molecule has 0 amide bonds. The van der Waals surface area contributed by atoms with Gasteiger partial charge in [-0.2, -0.15) is 4.98 Å². The van der Waals surface area contributed by atoms with Crippen molar-refractivity contribution in [3.8, 4) is 5.88 Å². The lowest BCUT2D eigenvalue weighted by Gasteiger charge is -2.17. The standard InChI is InChI=1S/C10H15N3O.2ClH/c1-14-10-8(11)4-5-9(12-10)13-6-2-3-7-13;;/h4-5H,2-3,6-7,11H2,1H3;2*1H. The van der Waals surface area contributed by atoms with Crippen molar-refractivity contribution < 1.29 is 4.74 Å². The second-order valence-electron chi connectivity index (χ2n) is 3.46. The van der Waals surface area contributed by atoms with E-state index in [4.69, 9.17) is 10.5 Å². The van der Waals surface area contributed by atoms with Crippen LogP contribution in [0.5, 0.6) is 5.88 Å². The summed E-state index contributed by atoms with van der Waals surface area (Å²) >= 11 is 0. The smallest absolute Gasteiger partial charge is 0.238 e. The normalized spacial score (nSPS) is 13.9. The first-order valence-electron chi connectivity index (χ1n) is 4.87. The van der Waals surface area contributed by atoms with E-state index in [1.807, 2.05) is 12.1 Å². The molecule has 6 heteroatoms. The Labute approximate surface area is 108 Å². The summed E-state index contributed by atoms with van der Waals surface area (Å²) < 4.78 is 5.08. The number of methoxy groups -OCH3 is 1. The van der Waals surface area contributed by atoms with Gasteiger partial charge in [-0.3, -0.25) is 0 Å². The molecule has 1 fully saturated rings. The number of ether oxygens (including phenoxy) is 1. The lowest BCUT2D eigenvalue weighted by atomic mass is 10.4. The van der Waals surface area contributed by atoms with Gasteiger partial charge in [0.05, 0.1) is 12.8 Å². The van der Waals surface area contributed by atoms with Crippen LogP contribution in [0.25, 0.3) is 0 Å². The summed E-state index contributed by atoms with van der Waals surface area (Å²) in [4.78, 5) is 6.60. The summed E-state index contributed by atoms with van der Waals surface area (Å²) in [5, 5.41) is 0. The minimum absolute atomic E-state index is 0. The van der Waals surface area contributed by atoms with Crippen LogP contribution in [-0.4, -0.2) is 25.2 Å². The SMILES string of the molecule is COc1nc(N2CCCC2)ccc1N.Cl.Cl. The van der Waals surface area contributed by atoms with Crippen LogP contribution in [0.2, 0.25) is 0 Å². The van der Waals surface area contributed by atoms with Crippen LogP contribution >= 0.6 is 24.8 Å². The predicted molar refractivity (Wildman–Crippen MR) is 71.1 cm³/mol. The highest BCUT2D eigenvalue weighted by Gasteiger charge is 2.14. The monoisotopic (exact) mass is 265 g/mol. The summed E-state index contributed by atoms with van der Waals surface area (Å²) in [5.41, 5.74) is 6.29. The van der Waals surface area contributed by atoms with Gasteiger partial charge in [0.15, 0.2) is 0 Å². The number of aromatic nitrogens is 1. The largest absolute Gasteiger partial charge is 0.479 e. The van der Waals surface area contributed by atoms with Gasteiger partial charge in [-0.15, -0.1) is 24.8 Å². The molecular weight excluding hydrogens is 249 g/mol. The quantitative estimate of drug-likeness (QED) is 0.890. The summed E-state index contributed by atoms with van der Waals surface area (Å²) in [6.07, 6.45) is 2.49. The average molecular weight is 266 g/mol. The maximum atomic E-state index is 5.69. The van der Waals surface area contributed by atoms with Crippen LogP contribution in [0.4, 0.5) is 11.5 Å². The minimum atomic E-state index is 0. The molecule has 16 heavy (non-hydrogen) atoms. The van der Waals surface area contributed by atoms with Crippen LogP contribution in [0.1, 0.15) is 12.8 Å². The summed E-state index contributed by atoms with van der Waals surface area (Å²) in [5.74, 6) is 1.49. The van der Waals surface area contributed by atoms with Crippen molar-refractivity contribution in [2.24, 2.45) is 0 Å². The van der Waals surface area contributed by atoms with Crippen LogP contribution < -0.4 is 15.4 Å². The van der Waals surface area contributed by atoms with E-state index >= 15 is 0 Å². The van der Waals surface area contributed by atoms with Crippen molar-refractivity contribution in [3.05, 3.63) is 12.1 Å². The fourth-order valence-corrected chi connectivity index (χ4v) is 1.73. The van der Waals surface area contributed by atoms with Gasteiger partial charge in [0, 0.05) is 13.1 Å². The fraction of sp³-hybridized carbons (Fsp3) is 0.500. The molecule has 0 saturated carbocycles. The van der Waals surface area contributed by atoms with E-state index < -0.39 is 0 Å². The van der Waals surface area contributed by atoms with Gasteiger partial charge in [-0.05, 0) is 25.0 Å². The first-order valence-corrected chi connectivity index (χ1v) is 4.87. The average Bonchev–Trinajstić information content (AvgIpc) is 2.71. The van der Waals surface area contributed by atoms with Gasteiger partial charge in [0.2, 0.25) is 5.88 Å². The van der Waals surface area contributed by atoms with Crippen molar-refractivity contribution in [1.82, 2.24) is 4.98 Å². The third-order valence-corrected chi connectivity index (χ3v) is 2.50. The predicted octanol–water partition coefficient (Wildman–Crippen LogP) is 2.12. The lowest BCUT2D eigenvalue weighted by Crippen LogP contribution is -2.19. The molecule has 1 aliphatic heterocycles. The number of rotatable bonds is 2. The summed E-state index contributed by atoms with van der Waals surface area (Å²) in [7, 11) is 1.59. The van der Waals surface area contributed by atoms with Gasteiger partial charge in [-0.25, -0.2) is 0 Å². The molecule has 1 saturated heterocycles. The Kier molecular flexibility index (Phi) is 6.29. The topological polar surface area (TPSA) is 51.4 Å². The Balaban J connectivity index is 0.00000112. The molecule has 0 bridgehead atoms. The van der Waals surface area contributed by atoms with Crippen LogP contribution in [0.3, 0.4) is 0 Å². The molecular formula is C10H17Cl2N3O. The first kappa shape index (κ1) is 15.1. The van der Waals surface area contributed by atoms with E-state index in [1.165, 1.54) is 12.8 Å². The van der Waals surface area contributed by atoms with Crippen molar-refractivity contribution in [1.29, 1.82) is 0 Å². The lowest BCUT2D eigenvalue weighted by molar-refractivity contribution is 0.400. The van der Waals surface area contributed by atoms with E-state index in [1.54, 1.807) is 7.11 Å². The van der Waals surface area contributed by atoms with E-state index in [-0.39, 0.29) is 24.8 Å². The molecule has 2 heterocycles. The van der Waals surface area contributed by atoms with E-state index in [0.29, 0.717) is 11.6 Å². The van der Waals surface area contributed by atoms with Gasteiger partial charge >= 0.3 is 0 Å². The van der Waals surface area contributed by atoms with Gasteiger partial charge in [0.1, 0.15) is 5.82 Å². The highest BCUT2D eigenvalue weighted by Crippen LogP contribution is 2.24. The van der Waals surface area contributed by atoms with Crippen LogP contribution in [-0.2, 0) is 0 Å². The van der Waals surface area contributed by atoms with Gasteiger partial charge in [-0.1, -0.05) is 0 Å². The molecule has 92 valence electrons. The molecule has 2 rings (SSSR count). The third-order valence-electron chi connectivity index (χ3n) is 2.50. The molecule has 1 aromatic heterocycles. The molecule has 0 spiro atoms. The number of hydrogen-bond donors (Lipinski definition) is 1. The Hall–Kier alpha value is -0.870. The second-order valence-corrected chi connectivity index (χ2v) is 3.46. The number of halogens is 2. The van der Waals surface area contributed by atoms with Crippen molar-refractivity contribution in [3.63, 3.8) is 0 Å². The molecule has 0 unspecified atom stereocenters. The van der Waals surface area contributed by atoms with E-state index in [0.717, 1.165) is 18.9 Å². The Bertz CT molecular complexity index is 330. The molecule has 0 aromatic carbocycles. The summed E-state index contributed by atoms with van der Waals surface area (Å²) in [6.45, 7) is 2.17. The van der Waals surface area contributed by atoms with Crippen molar-refractivity contribution in [2.45, 2.75) is 12.8 Å². The zero-order valence-corrected chi connectivity index (χ0v) is 10.8. The van der Waals surface area contributed by atoms with Crippen LogP contribution in [0, 0.1) is 0 Å². The molecule has 2 N–H and O–H groups in total. The van der Waals surface area contributed by atoms with Crippen molar-refractivity contribution >= 4 is 36.3 Å². The number of nitrogen functional groups attached to an aromatic ring is 1. The first-order chi connectivity index (χ1) is 6.81. The highest BCUT2D eigenvalue weighted by atomic mass is 35.5. The number of anilines is 2. The van der Waals surface area contributed by atoms with Gasteiger partial charge in [0.25, 0.3) is 0 Å². The molecule has 4 nitrogen and oxygen atoms in total. The van der Waals surface area contributed by atoms with Gasteiger partial charge < -0.3 is 15.4 Å². The Morgan fingerprint density at radius 1 is 1.25 bits per heavy atom. The minimum Gasteiger partial charge on any atom is -0.479 e. The second kappa shape index (κ2) is 6.66. The van der Waals surface area contributed by atoms with Crippen molar-refractivity contribution in [2.75, 3.05) is 30.8 Å². The molecule has 0 radical (unpaired) electrons. The zero-order valence-electron chi connectivity index (χ0n) is 9.18. The van der Waals surface area contributed by atoms with Crippen LogP contribution in [0.15, 0.2) is 12.1 Å². The Morgan fingerprint density at radius 2 is 1.88 bits per heavy atom. The molecule has 0 aliphatic carbocycles. The number of nitrogens with two attached hydrogens (primary N) is 1. The number of hydrogen-bond acceptors (Lipinski definition) is 4. The zero-order chi connectivity index (χ0) is 9.97. The van der Waals surface area contributed by atoms with E-state index in [9.17, 15) is 0 Å². The third kappa shape index (κ3) is 3.06.